The molecular weight excluding hydrogens is 210 g/mol. The van der Waals surface area contributed by atoms with Crippen molar-refractivity contribution >= 4 is 0 Å². The molecule has 0 aromatic heterocycles. The van der Waals surface area contributed by atoms with Crippen LogP contribution in [0.5, 0.6) is 0 Å². The van der Waals surface area contributed by atoms with E-state index in [9.17, 15) is 0 Å². The van der Waals surface area contributed by atoms with E-state index < -0.39 is 0 Å². The highest BCUT2D eigenvalue weighted by molar-refractivity contribution is 5.34. The first kappa shape index (κ1) is 16.0. The van der Waals surface area contributed by atoms with E-state index in [-0.39, 0.29) is 5.60 Å². The summed E-state index contributed by atoms with van der Waals surface area (Å²) in [4.78, 5) is 2.26. The van der Waals surface area contributed by atoms with E-state index in [4.69, 9.17) is 4.74 Å². The molecule has 0 aromatic rings. The van der Waals surface area contributed by atoms with Crippen molar-refractivity contribution in [2.45, 2.75) is 39.7 Å². The summed E-state index contributed by atoms with van der Waals surface area (Å²) in [7, 11) is 2.11. The van der Waals surface area contributed by atoms with Crippen molar-refractivity contribution in [3.05, 3.63) is 36.6 Å². The van der Waals surface area contributed by atoms with Crippen LogP contribution in [0.15, 0.2) is 36.6 Å². The Bertz CT molecular complexity index is 263. The van der Waals surface area contributed by atoms with Gasteiger partial charge in [0, 0.05) is 19.5 Å². The molecule has 0 saturated carbocycles. The summed E-state index contributed by atoms with van der Waals surface area (Å²) in [5.74, 6) is 0.920. The maximum absolute atomic E-state index is 5.86. The van der Waals surface area contributed by atoms with E-state index in [0.29, 0.717) is 0 Å². The molecule has 0 aromatic carbocycles. The molecule has 2 heteroatoms. The molecule has 0 aliphatic carbocycles. The van der Waals surface area contributed by atoms with Crippen LogP contribution >= 0.6 is 0 Å². The number of likely N-dealkylation sites (tertiary alicyclic amines) is 1. The highest BCUT2D eigenvalue weighted by Crippen LogP contribution is 2.40. The van der Waals surface area contributed by atoms with Gasteiger partial charge in [-0.25, -0.2) is 0 Å². The molecule has 98 valence electrons. The lowest BCUT2D eigenvalue weighted by molar-refractivity contribution is -0.0854. The Labute approximate surface area is 107 Å². The first-order valence-corrected chi connectivity index (χ1v) is 6.55. The van der Waals surface area contributed by atoms with Gasteiger partial charge < -0.3 is 4.74 Å². The second-order valence-electron chi connectivity index (χ2n) is 3.93. The lowest BCUT2D eigenvalue weighted by atomic mass is 9.89. The average molecular weight is 237 g/mol. The van der Waals surface area contributed by atoms with Gasteiger partial charge in [-0.05, 0) is 18.7 Å². The van der Waals surface area contributed by atoms with Crippen LogP contribution < -0.4 is 0 Å². The molecule has 17 heavy (non-hydrogen) atoms. The lowest BCUT2D eigenvalue weighted by Crippen LogP contribution is -2.59. The minimum atomic E-state index is 0.0434. The van der Waals surface area contributed by atoms with Gasteiger partial charge in [0.1, 0.15) is 11.4 Å². The molecule has 0 atom stereocenters. The van der Waals surface area contributed by atoms with E-state index in [1.165, 1.54) is 5.57 Å². The molecule has 0 N–H and O–H groups in total. The zero-order chi connectivity index (χ0) is 13.5. The molecule has 0 unspecified atom stereocenters. The molecule has 2 rings (SSSR count). The van der Waals surface area contributed by atoms with Crippen molar-refractivity contribution < 1.29 is 4.74 Å². The second kappa shape index (κ2) is 7.33. The van der Waals surface area contributed by atoms with Crippen LogP contribution in [0, 0.1) is 0 Å². The molecule has 1 saturated heterocycles. The van der Waals surface area contributed by atoms with Gasteiger partial charge in [0.15, 0.2) is 0 Å². The second-order valence-corrected chi connectivity index (χ2v) is 3.93. The SMILES string of the molecule is C=CC1=C(C=C)OC2(C1)CN(C)C2.CC.CC. The number of hydrogen-bond acceptors (Lipinski definition) is 2. The van der Waals surface area contributed by atoms with Crippen molar-refractivity contribution in [3.63, 3.8) is 0 Å². The molecule has 1 spiro atoms. The first-order valence-electron chi connectivity index (χ1n) is 6.55. The van der Waals surface area contributed by atoms with Gasteiger partial charge >= 0.3 is 0 Å². The summed E-state index contributed by atoms with van der Waals surface area (Å²) >= 11 is 0. The molecule has 1 fully saturated rings. The maximum atomic E-state index is 5.86. The third-order valence-corrected chi connectivity index (χ3v) is 2.70. The number of ether oxygens (including phenoxy) is 1. The van der Waals surface area contributed by atoms with E-state index in [1.54, 1.807) is 6.08 Å². The molecule has 0 bridgehead atoms. The van der Waals surface area contributed by atoms with Gasteiger partial charge in [-0.15, -0.1) is 0 Å². The van der Waals surface area contributed by atoms with Gasteiger partial charge in [-0.1, -0.05) is 46.9 Å². The van der Waals surface area contributed by atoms with Gasteiger partial charge in [-0.2, -0.15) is 0 Å². The normalized spacial score (nSPS) is 20.3. The molecular formula is C15H27NO. The Kier molecular flexibility index (Phi) is 6.89. The predicted octanol–water partition coefficient (Wildman–Crippen LogP) is 3.77. The van der Waals surface area contributed by atoms with Crippen LogP contribution in [0.2, 0.25) is 0 Å². The smallest absolute Gasteiger partial charge is 0.138 e. The number of allylic oxidation sites excluding steroid dienone is 2. The van der Waals surface area contributed by atoms with Crippen LogP contribution in [0.3, 0.4) is 0 Å². The van der Waals surface area contributed by atoms with E-state index in [2.05, 4.69) is 25.1 Å². The summed E-state index contributed by atoms with van der Waals surface area (Å²) in [5.41, 5.74) is 1.24. The van der Waals surface area contributed by atoms with E-state index in [0.717, 1.165) is 25.3 Å². The van der Waals surface area contributed by atoms with Crippen LogP contribution in [-0.2, 0) is 4.74 Å². The van der Waals surface area contributed by atoms with Gasteiger partial charge in [0.05, 0.1) is 0 Å². The van der Waals surface area contributed by atoms with E-state index >= 15 is 0 Å². The van der Waals surface area contributed by atoms with Crippen molar-refractivity contribution in [2.75, 3.05) is 20.1 Å². The van der Waals surface area contributed by atoms with E-state index in [1.807, 2.05) is 33.8 Å². The monoisotopic (exact) mass is 237 g/mol. The highest BCUT2D eigenvalue weighted by atomic mass is 16.5. The van der Waals surface area contributed by atoms with Gasteiger partial charge in [0.25, 0.3) is 0 Å². The largest absolute Gasteiger partial charge is 0.484 e. The average Bonchev–Trinajstić information content (AvgIpc) is 2.73. The number of likely N-dealkylation sites (N-methyl/N-ethyl adjacent to an activating group) is 1. The van der Waals surface area contributed by atoms with Crippen LogP contribution in [-0.4, -0.2) is 30.6 Å². The fraction of sp³-hybridized carbons (Fsp3) is 0.600. The summed E-state index contributed by atoms with van der Waals surface area (Å²) in [6.45, 7) is 17.6. The molecule has 2 nitrogen and oxygen atoms in total. The fourth-order valence-corrected chi connectivity index (χ4v) is 2.23. The maximum Gasteiger partial charge on any atom is 0.138 e. The van der Waals surface area contributed by atoms with Crippen molar-refractivity contribution in [3.8, 4) is 0 Å². The van der Waals surface area contributed by atoms with Crippen LogP contribution in [0.4, 0.5) is 0 Å². The van der Waals surface area contributed by atoms with Gasteiger partial charge in [0.2, 0.25) is 0 Å². The Morgan fingerprint density at radius 3 is 1.94 bits per heavy atom. The van der Waals surface area contributed by atoms with Crippen LogP contribution in [0.25, 0.3) is 0 Å². The zero-order valence-corrected chi connectivity index (χ0v) is 12.0. The number of nitrogens with zero attached hydrogens (tertiary/aromatic N) is 1. The Morgan fingerprint density at radius 2 is 1.65 bits per heavy atom. The fourth-order valence-electron chi connectivity index (χ4n) is 2.23. The lowest BCUT2D eigenvalue weighted by Gasteiger charge is -2.45. The number of hydrogen-bond donors (Lipinski definition) is 0. The molecule has 2 heterocycles. The summed E-state index contributed by atoms with van der Waals surface area (Å²) < 4.78 is 5.86. The minimum absolute atomic E-state index is 0.0434. The van der Waals surface area contributed by atoms with Gasteiger partial charge in [-0.3, -0.25) is 4.90 Å². The molecule has 0 radical (unpaired) electrons. The Morgan fingerprint density at radius 1 is 1.12 bits per heavy atom. The van der Waals surface area contributed by atoms with Crippen molar-refractivity contribution in [1.82, 2.24) is 4.90 Å². The number of rotatable bonds is 2. The topological polar surface area (TPSA) is 12.5 Å². The molecule has 0 amide bonds. The van der Waals surface area contributed by atoms with Crippen molar-refractivity contribution in [2.24, 2.45) is 0 Å². The first-order chi connectivity index (χ1) is 8.19. The third kappa shape index (κ3) is 3.47. The Hall–Kier alpha value is -1.02. The molecule has 2 aliphatic heterocycles. The summed E-state index contributed by atoms with van der Waals surface area (Å²) in [5, 5.41) is 0. The zero-order valence-electron chi connectivity index (χ0n) is 12.0. The highest BCUT2D eigenvalue weighted by Gasteiger charge is 2.47. The third-order valence-electron chi connectivity index (χ3n) is 2.70. The Balaban J connectivity index is 0.000000581. The quantitative estimate of drug-likeness (QED) is 0.725. The van der Waals surface area contributed by atoms with Crippen LogP contribution in [0.1, 0.15) is 34.1 Å². The summed E-state index contributed by atoms with van der Waals surface area (Å²) in [6.07, 6.45) is 4.65. The minimum Gasteiger partial charge on any atom is -0.484 e. The summed E-state index contributed by atoms with van der Waals surface area (Å²) in [6, 6.07) is 0. The standard InChI is InChI=1S/C11H15NO.2C2H6/c1-4-9-6-11(7-12(3)8-11)13-10(9)5-2;2*1-2/h4-5H,1-2,6-8H2,3H3;2*1-2H3. The predicted molar refractivity (Wildman–Crippen MR) is 76.0 cm³/mol. The van der Waals surface area contributed by atoms with Crippen molar-refractivity contribution in [1.29, 1.82) is 0 Å². The molecule has 2 aliphatic rings.